The van der Waals surface area contributed by atoms with Crippen LogP contribution in [0.5, 0.6) is 0 Å². The minimum Gasteiger partial charge on any atom is -0.316 e. The van der Waals surface area contributed by atoms with E-state index in [0.29, 0.717) is 11.8 Å². The van der Waals surface area contributed by atoms with Crippen molar-refractivity contribution in [3.8, 4) is 0 Å². The van der Waals surface area contributed by atoms with E-state index in [4.69, 9.17) is 0 Å². The van der Waals surface area contributed by atoms with Crippen molar-refractivity contribution in [1.82, 2.24) is 5.32 Å². The van der Waals surface area contributed by atoms with Crippen LogP contribution in [0, 0.1) is 5.82 Å². The lowest BCUT2D eigenvalue weighted by Gasteiger charge is -2.33. The fourth-order valence-electron chi connectivity index (χ4n) is 3.08. The van der Waals surface area contributed by atoms with E-state index in [1.165, 1.54) is 11.6 Å². The molecule has 0 spiro atoms. The zero-order chi connectivity index (χ0) is 13.9. The molecule has 2 atom stereocenters. The van der Waals surface area contributed by atoms with Crippen LogP contribution in [-0.2, 0) is 0 Å². The molecule has 1 N–H and O–H groups in total. The average Bonchev–Trinajstić information content (AvgIpc) is 2.47. The Balaban J connectivity index is 1.95. The lowest BCUT2D eigenvalue weighted by molar-refractivity contribution is 0.403. The highest BCUT2D eigenvalue weighted by molar-refractivity contribution is 9.10. The Kier molecular flexibility index (Phi) is 4.18. The Morgan fingerprint density at radius 1 is 1.00 bits per heavy atom. The van der Waals surface area contributed by atoms with E-state index in [1.807, 2.05) is 12.1 Å². The van der Waals surface area contributed by atoms with Crippen molar-refractivity contribution < 1.29 is 4.39 Å². The van der Waals surface area contributed by atoms with Crippen molar-refractivity contribution >= 4 is 15.9 Å². The van der Waals surface area contributed by atoms with Gasteiger partial charge in [0, 0.05) is 16.9 Å². The highest BCUT2D eigenvalue weighted by Gasteiger charge is 2.27. The Morgan fingerprint density at radius 3 is 2.50 bits per heavy atom. The molecule has 0 aromatic heterocycles. The molecule has 2 aromatic rings. The quantitative estimate of drug-likeness (QED) is 0.856. The first kappa shape index (κ1) is 13.8. The summed E-state index contributed by atoms with van der Waals surface area (Å²) in [5, 5.41) is 3.43. The van der Waals surface area contributed by atoms with Gasteiger partial charge < -0.3 is 5.32 Å². The van der Waals surface area contributed by atoms with Crippen molar-refractivity contribution in [2.45, 2.75) is 18.3 Å². The van der Waals surface area contributed by atoms with E-state index >= 15 is 0 Å². The van der Waals surface area contributed by atoms with Crippen molar-refractivity contribution in [1.29, 1.82) is 0 Å². The molecule has 3 rings (SSSR count). The second-order valence-electron chi connectivity index (χ2n) is 5.32. The van der Waals surface area contributed by atoms with Crippen LogP contribution in [-0.4, -0.2) is 13.1 Å². The summed E-state index contributed by atoms with van der Waals surface area (Å²) < 4.78 is 14.6. The number of hydrogen-bond donors (Lipinski definition) is 1. The van der Waals surface area contributed by atoms with E-state index in [0.717, 1.165) is 29.5 Å². The summed E-state index contributed by atoms with van der Waals surface area (Å²) in [6.07, 6.45) is 1.08. The van der Waals surface area contributed by atoms with Crippen molar-refractivity contribution in [3.05, 3.63) is 69.9 Å². The molecule has 1 saturated heterocycles. The van der Waals surface area contributed by atoms with Gasteiger partial charge in [-0.25, -0.2) is 4.39 Å². The number of rotatable bonds is 2. The van der Waals surface area contributed by atoms with Crippen LogP contribution >= 0.6 is 15.9 Å². The summed E-state index contributed by atoms with van der Waals surface area (Å²) in [5.74, 6) is 0.616. The fourth-order valence-corrected chi connectivity index (χ4v) is 3.50. The van der Waals surface area contributed by atoms with Crippen LogP contribution in [0.4, 0.5) is 4.39 Å². The minimum absolute atomic E-state index is 0.152. The smallest absolute Gasteiger partial charge is 0.123 e. The van der Waals surface area contributed by atoms with E-state index in [2.05, 4.69) is 39.4 Å². The Morgan fingerprint density at radius 2 is 1.75 bits per heavy atom. The molecule has 0 aliphatic carbocycles. The van der Waals surface area contributed by atoms with Gasteiger partial charge in [-0.3, -0.25) is 0 Å². The average molecular weight is 334 g/mol. The van der Waals surface area contributed by atoms with Gasteiger partial charge in [0.2, 0.25) is 0 Å². The molecular formula is C17H17BrFN. The van der Waals surface area contributed by atoms with Crippen molar-refractivity contribution in [2.75, 3.05) is 13.1 Å². The van der Waals surface area contributed by atoms with Gasteiger partial charge in [-0.2, -0.15) is 0 Å². The van der Waals surface area contributed by atoms with E-state index in [1.54, 1.807) is 12.1 Å². The van der Waals surface area contributed by atoms with Gasteiger partial charge in [0.1, 0.15) is 5.82 Å². The molecule has 1 aliphatic heterocycles. The zero-order valence-corrected chi connectivity index (χ0v) is 12.7. The molecule has 104 valence electrons. The summed E-state index contributed by atoms with van der Waals surface area (Å²) in [6.45, 7) is 1.92. The van der Waals surface area contributed by atoms with Gasteiger partial charge in [0.25, 0.3) is 0 Å². The monoisotopic (exact) mass is 333 g/mol. The number of hydrogen-bond acceptors (Lipinski definition) is 1. The molecule has 1 aliphatic rings. The second-order valence-corrected chi connectivity index (χ2v) is 6.23. The Labute approximate surface area is 127 Å². The fraction of sp³-hybridized carbons (Fsp3) is 0.294. The first-order valence-corrected chi connectivity index (χ1v) is 7.75. The third kappa shape index (κ3) is 2.94. The molecule has 0 radical (unpaired) electrons. The predicted octanol–water partition coefficient (Wildman–Crippen LogP) is 4.45. The van der Waals surface area contributed by atoms with Crippen molar-refractivity contribution in [2.24, 2.45) is 0 Å². The van der Waals surface area contributed by atoms with Gasteiger partial charge in [0.15, 0.2) is 0 Å². The lowest BCUT2D eigenvalue weighted by atomic mass is 9.77. The first-order chi connectivity index (χ1) is 9.74. The third-order valence-electron chi connectivity index (χ3n) is 4.04. The van der Waals surface area contributed by atoms with Crippen LogP contribution < -0.4 is 5.32 Å². The molecule has 2 unspecified atom stereocenters. The summed E-state index contributed by atoms with van der Waals surface area (Å²) in [4.78, 5) is 0. The van der Waals surface area contributed by atoms with E-state index < -0.39 is 0 Å². The molecule has 1 fully saturated rings. The molecular weight excluding hydrogens is 317 g/mol. The van der Waals surface area contributed by atoms with E-state index in [9.17, 15) is 4.39 Å². The predicted molar refractivity (Wildman–Crippen MR) is 83.5 cm³/mol. The molecule has 0 saturated carbocycles. The molecule has 3 heteroatoms. The first-order valence-electron chi connectivity index (χ1n) is 6.95. The molecule has 1 heterocycles. The van der Waals surface area contributed by atoms with Gasteiger partial charge >= 0.3 is 0 Å². The lowest BCUT2D eigenvalue weighted by Crippen LogP contribution is -2.34. The number of piperidine rings is 1. The molecule has 0 bridgehead atoms. The summed E-state index contributed by atoms with van der Waals surface area (Å²) >= 11 is 3.54. The summed E-state index contributed by atoms with van der Waals surface area (Å²) in [5.41, 5.74) is 2.41. The van der Waals surface area contributed by atoms with Crippen LogP contribution in [0.15, 0.2) is 53.0 Å². The van der Waals surface area contributed by atoms with Gasteiger partial charge in [-0.1, -0.05) is 40.2 Å². The second kappa shape index (κ2) is 6.06. The molecule has 2 aromatic carbocycles. The van der Waals surface area contributed by atoms with Gasteiger partial charge in [-0.15, -0.1) is 0 Å². The summed E-state index contributed by atoms with van der Waals surface area (Å²) in [6, 6.07) is 15.5. The third-order valence-corrected chi connectivity index (χ3v) is 4.53. The Hall–Kier alpha value is -1.19. The Bertz CT molecular complexity index is 546. The van der Waals surface area contributed by atoms with Gasteiger partial charge in [-0.05, 0) is 54.3 Å². The zero-order valence-electron chi connectivity index (χ0n) is 11.2. The SMILES string of the molecule is Fc1cccc(C2CNCCC2c2cccc(Br)c2)c1. The highest BCUT2D eigenvalue weighted by Crippen LogP contribution is 2.38. The van der Waals surface area contributed by atoms with Crippen LogP contribution in [0.2, 0.25) is 0 Å². The van der Waals surface area contributed by atoms with Crippen LogP contribution in [0.3, 0.4) is 0 Å². The highest BCUT2D eigenvalue weighted by atomic mass is 79.9. The molecule has 0 amide bonds. The number of benzene rings is 2. The minimum atomic E-state index is -0.152. The van der Waals surface area contributed by atoms with E-state index in [-0.39, 0.29) is 5.82 Å². The van der Waals surface area contributed by atoms with Crippen LogP contribution in [0.1, 0.15) is 29.4 Å². The maximum absolute atomic E-state index is 13.5. The number of nitrogens with one attached hydrogen (secondary N) is 1. The summed E-state index contributed by atoms with van der Waals surface area (Å²) in [7, 11) is 0. The van der Waals surface area contributed by atoms with Crippen molar-refractivity contribution in [3.63, 3.8) is 0 Å². The number of halogens is 2. The maximum atomic E-state index is 13.5. The normalized spacial score (nSPS) is 22.7. The molecule has 20 heavy (non-hydrogen) atoms. The largest absolute Gasteiger partial charge is 0.316 e. The van der Waals surface area contributed by atoms with Crippen LogP contribution in [0.25, 0.3) is 0 Å². The standard InChI is InChI=1S/C17H17BrFN/c18-14-5-1-3-12(9-14)16-7-8-20-11-17(16)13-4-2-6-15(19)10-13/h1-6,9-10,16-17,20H,7-8,11H2. The van der Waals surface area contributed by atoms with Gasteiger partial charge in [0.05, 0.1) is 0 Å². The molecule has 1 nitrogen and oxygen atoms in total. The maximum Gasteiger partial charge on any atom is 0.123 e. The topological polar surface area (TPSA) is 12.0 Å².